The van der Waals surface area contributed by atoms with E-state index in [1.54, 1.807) is 79.6 Å². The van der Waals surface area contributed by atoms with Gasteiger partial charge < -0.3 is 14.8 Å². The van der Waals surface area contributed by atoms with Gasteiger partial charge in [-0.2, -0.15) is 0 Å². The van der Waals surface area contributed by atoms with Crippen molar-refractivity contribution in [3.05, 3.63) is 88.9 Å². The van der Waals surface area contributed by atoms with Crippen LogP contribution in [0.5, 0.6) is 5.75 Å². The number of benzene rings is 3. The molecule has 1 atom stereocenters. The standard InChI is InChI=1S/C28H26ClN3O5S/c1-3-37-27(35)19-6-10-22(11-7-19)31-28-32(17-18-4-8-20(29)9-5-18)25(33)16-24(38-28)26(34)30-21-12-14-23(36-2)15-13-21/h4-15,24H,3,16-17H2,1-2H3,(H,30,34). The Morgan fingerprint density at radius 1 is 1.05 bits per heavy atom. The number of thioether (sulfide) groups is 1. The molecule has 3 aromatic carbocycles. The molecule has 1 unspecified atom stereocenters. The molecule has 1 fully saturated rings. The van der Waals surface area contributed by atoms with Gasteiger partial charge in [-0.25, -0.2) is 9.79 Å². The zero-order valence-corrected chi connectivity index (χ0v) is 22.4. The van der Waals surface area contributed by atoms with Crippen LogP contribution in [0.15, 0.2) is 77.8 Å². The number of hydrogen-bond donors (Lipinski definition) is 1. The number of methoxy groups -OCH3 is 1. The molecule has 10 heteroatoms. The molecule has 4 rings (SSSR count). The Morgan fingerprint density at radius 3 is 2.37 bits per heavy atom. The van der Waals surface area contributed by atoms with Crippen LogP contribution in [0.3, 0.4) is 0 Å². The van der Waals surface area contributed by atoms with Crippen molar-refractivity contribution in [1.82, 2.24) is 4.90 Å². The molecule has 3 aromatic rings. The highest BCUT2D eigenvalue weighted by Crippen LogP contribution is 2.31. The highest BCUT2D eigenvalue weighted by molar-refractivity contribution is 8.15. The van der Waals surface area contributed by atoms with E-state index >= 15 is 0 Å². The molecule has 1 aliphatic heterocycles. The van der Waals surface area contributed by atoms with Crippen LogP contribution in [0.2, 0.25) is 5.02 Å². The summed E-state index contributed by atoms with van der Waals surface area (Å²) in [6, 6.07) is 20.7. The summed E-state index contributed by atoms with van der Waals surface area (Å²) in [7, 11) is 1.57. The Bertz CT molecular complexity index is 1330. The second kappa shape index (κ2) is 12.6. The molecule has 0 spiro atoms. The number of nitrogens with zero attached hydrogens (tertiary/aromatic N) is 2. The number of amides is 2. The van der Waals surface area contributed by atoms with Gasteiger partial charge in [0.05, 0.1) is 31.5 Å². The van der Waals surface area contributed by atoms with Crippen molar-refractivity contribution in [2.75, 3.05) is 19.0 Å². The van der Waals surface area contributed by atoms with Crippen LogP contribution in [0.1, 0.15) is 29.3 Å². The van der Waals surface area contributed by atoms with Crippen LogP contribution >= 0.6 is 23.4 Å². The lowest BCUT2D eigenvalue weighted by Crippen LogP contribution is -2.44. The molecule has 0 bridgehead atoms. The van der Waals surface area contributed by atoms with Crippen LogP contribution in [-0.4, -0.2) is 46.8 Å². The average molecular weight is 552 g/mol. The second-order valence-electron chi connectivity index (χ2n) is 8.30. The number of ether oxygens (including phenoxy) is 2. The third kappa shape index (κ3) is 6.93. The summed E-state index contributed by atoms with van der Waals surface area (Å²) in [5, 5.41) is 3.17. The minimum absolute atomic E-state index is 0.0149. The minimum atomic E-state index is -0.677. The van der Waals surface area contributed by atoms with Gasteiger partial charge in [0.15, 0.2) is 5.17 Å². The molecule has 8 nitrogen and oxygen atoms in total. The largest absolute Gasteiger partial charge is 0.497 e. The quantitative estimate of drug-likeness (QED) is 0.361. The van der Waals surface area contributed by atoms with E-state index in [2.05, 4.69) is 10.3 Å². The summed E-state index contributed by atoms with van der Waals surface area (Å²) in [5.41, 5.74) is 2.40. The molecule has 2 amide bonds. The van der Waals surface area contributed by atoms with Gasteiger partial charge in [-0.1, -0.05) is 35.5 Å². The van der Waals surface area contributed by atoms with E-state index in [0.29, 0.717) is 32.9 Å². The van der Waals surface area contributed by atoms with Crippen LogP contribution in [-0.2, 0) is 20.9 Å². The van der Waals surface area contributed by atoms with Crippen LogP contribution in [0.25, 0.3) is 0 Å². The number of amidine groups is 1. The summed E-state index contributed by atoms with van der Waals surface area (Å²) in [5.74, 6) is -0.277. The molecule has 1 N–H and O–H groups in total. The molecule has 0 aliphatic carbocycles. The topological polar surface area (TPSA) is 97.3 Å². The monoisotopic (exact) mass is 551 g/mol. The number of hydrogen-bond acceptors (Lipinski definition) is 7. The number of halogens is 1. The highest BCUT2D eigenvalue weighted by Gasteiger charge is 2.36. The molecule has 1 aliphatic rings. The van der Waals surface area contributed by atoms with Gasteiger partial charge in [-0.3, -0.25) is 14.5 Å². The van der Waals surface area contributed by atoms with Crippen molar-refractivity contribution < 1.29 is 23.9 Å². The molecule has 1 heterocycles. The lowest BCUT2D eigenvalue weighted by Gasteiger charge is -2.32. The predicted octanol–water partition coefficient (Wildman–Crippen LogP) is 5.69. The van der Waals surface area contributed by atoms with Crippen molar-refractivity contribution >= 4 is 57.7 Å². The Balaban J connectivity index is 1.58. The number of aliphatic imine (C=N–C) groups is 1. The Hall–Kier alpha value is -3.82. The number of carbonyl (C=O) groups is 3. The fraction of sp³-hybridized carbons (Fsp3) is 0.214. The third-order valence-corrected chi connectivity index (χ3v) is 7.09. The van der Waals surface area contributed by atoms with Crippen molar-refractivity contribution in [2.45, 2.75) is 25.1 Å². The first-order valence-electron chi connectivity index (χ1n) is 11.9. The number of carbonyl (C=O) groups excluding carboxylic acids is 3. The smallest absolute Gasteiger partial charge is 0.338 e. The van der Waals surface area contributed by atoms with E-state index in [9.17, 15) is 14.4 Å². The highest BCUT2D eigenvalue weighted by atomic mass is 35.5. The summed E-state index contributed by atoms with van der Waals surface area (Å²) in [4.78, 5) is 44.6. The lowest BCUT2D eigenvalue weighted by molar-refractivity contribution is -0.129. The van der Waals surface area contributed by atoms with E-state index in [0.717, 1.165) is 5.56 Å². The summed E-state index contributed by atoms with van der Waals surface area (Å²) in [6.07, 6.45) is 0.0149. The van der Waals surface area contributed by atoms with Gasteiger partial charge in [0.1, 0.15) is 11.0 Å². The first-order chi connectivity index (χ1) is 18.4. The molecular formula is C28H26ClN3O5S. The van der Waals surface area contributed by atoms with Crippen LogP contribution in [0.4, 0.5) is 11.4 Å². The molecule has 1 saturated heterocycles. The predicted molar refractivity (Wildman–Crippen MR) is 149 cm³/mol. The summed E-state index contributed by atoms with van der Waals surface area (Å²) in [6.45, 7) is 2.29. The average Bonchev–Trinajstić information content (AvgIpc) is 2.92. The molecule has 196 valence electrons. The first-order valence-corrected chi connectivity index (χ1v) is 13.1. The second-order valence-corrected chi connectivity index (χ2v) is 9.90. The molecule has 0 aromatic heterocycles. The molecule has 0 saturated carbocycles. The molecular weight excluding hydrogens is 526 g/mol. The normalized spacial score (nSPS) is 16.3. The number of rotatable bonds is 8. The van der Waals surface area contributed by atoms with Crippen LogP contribution < -0.4 is 10.1 Å². The number of nitrogens with one attached hydrogen (secondary N) is 1. The zero-order chi connectivity index (χ0) is 27.1. The van der Waals surface area contributed by atoms with E-state index in [1.165, 1.54) is 11.8 Å². The van der Waals surface area contributed by atoms with E-state index in [1.807, 2.05) is 12.1 Å². The van der Waals surface area contributed by atoms with Crippen molar-refractivity contribution in [3.63, 3.8) is 0 Å². The maximum absolute atomic E-state index is 13.3. The maximum Gasteiger partial charge on any atom is 0.338 e. The SMILES string of the molecule is CCOC(=O)c1ccc(N=C2SC(C(=O)Nc3ccc(OC)cc3)CC(=O)N2Cc2ccc(Cl)cc2)cc1. The summed E-state index contributed by atoms with van der Waals surface area (Å²) >= 11 is 7.23. The van der Waals surface area contributed by atoms with Gasteiger partial charge in [0.25, 0.3) is 0 Å². The van der Waals surface area contributed by atoms with E-state index in [4.69, 9.17) is 21.1 Å². The van der Waals surface area contributed by atoms with Gasteiger partial charge in [0.2, 0.25) is 11.8 Å². The van der Waals surface area contributed by atoms with Crippen LogP contribution in [0, 0.1) is 0 Å². The van der Waals surface area contributed by atoms with Crippen molar-refractivity contribution in [3.8, 4) is 5.75 Å². The van der Waals surface area contributed by atoms with Gasteiger partial charge in [-0.15, -0.1) is 0 Å². The fourth-order valence-corrected chi connectivity index (χ4v) is 4.89. The Kier molecular flexibility index (Phi) is 9.04. The van der Waals surface area contributed by atoms with Gasteiger partial charge in [0, 0.05) is 17.1 Å². The fourth-order valence-electron chi connectivity index (χ4n) is 3.66. The van der Waals surface area contributed by atoms with Crippen molar-refractivity contribution in [2.24, 2.45) is 4.99 Å². The minimum Gasteiger partial charge on any atom is -0.497 e. The zero-order valence-electron chi connectivity index (χ0n) is 20.8. The first kappa shape index (κ1) is 27.2. The molecule has 38 heavy (non-hydrogen) atoms. The molecule has 0 radical (unpaired) electrons. The maximum atomic E-state index is 13.3. The number of anilines is 1. The van der Waals surface area contributed by atoms with Gasteiger partial charge >= 0.3 is 5.97 Å². The van der Waals surface area contributed by atoms with Gasteiger partial charge in [-0.05, 0) is 73.2 Å². The third-order valence-electron chi connectivity index (χ3n) is 5.65. The summed E-state index contributed by atoms with van der Waals surface area (Å²) < 4.78 is 10.2. The Morgan fingerprint density at radius 2 is 1.74 bits per heavy atom. The van der Waals surface area contributed by atoms with E-state index in [-0.39, 0.29) is 31.4 Å². The Labute approximate surface area is 230 Å². The number of esters is 1. The van der Waals surface area contributed by atoms with Crippen molar-refractivity contribution in [1.29, 1.82) is 0 Å². The lowest BCUT2D eigenvalue weighted by atomic mass is 10.2. The van der Waals surface area contributed by atoms with E-state index < -0.39 is 11.2 Å².